The number of rotatable bonds is 5. The molecule has 0 aliphatic carbocycles. The maximum atomic E-state index is 10.9. The summed E-state index contributed by atoms with van der Waals surface area (Å²) >= 11 is 0. The van der Waals surface area contributed by atoms with Crippen molar-refractivity contribution in [3.63, 3.8) is 0 Å². The third-order valence-corrected chi connectivity index (χ3v) is 1.65. The second-order valence-electron chi connectivity index (χ2n) is 2.57. The summed E-state index contributed by atoms with van der Waals surface area (Å²) in [5.74, 6) is 6.64. The lowest BCUT2D eigenvalue weighted by molar-refractivity contribution is -0.163. The van der Waals surface area contributed by atoms with Gasteiger partial charge in [0.15, 0.2) is 5.92 Å². The van der Waals surface area contributed by atoms with Crippen LogP contribution in [0.15, 0.2) is 0 Å². The Balaban J connectivity index is 4.18. The Morgan fingerprint density at radius 3 is 2.00 bits per heavy atom. The molecular formula is C7H14N2O4. The molecule has 0 aromatic carbocycles. The van der Waals surface area contributed by atoms with E-state index in [-0.39, 0.29) is 0 Å². The van der Waals surface area contributed by atoms with Crippen molar-refractivity contribution in [3.8, 4) is 0 Å². The minimum atomic E-state index is -1.00. The molecule has 0 saturated heterocycles. The third kappa shape index (κ3) is 3.86. The molecule has 0 bridgehead atoms. The molecule has 76 valence electrons. The summed E-state index contributed by atoms with van der Waals surface area (Å²) < 4.78 is 0. The van der Waals surface area contributed by atoms with Gasteiger partial charge in [0.05, 0.1) is 0 Å². The Labute approximate surface area is 76.1 Å². The zero-order valence-electron chi connectivity index (χ0n) is 7.49. The van der Waals surface area contributed by atoms with Crippen molar-refractivity contribution in [2.75, 3.05) is 0 Å². The smallest absolute Gasteiger partial charge is 0.338 e. The van der Waals surface area contributed by atoms with Gasteiger partial charge in [-0.3, -0.25) is 0 Å². The van der Waals surface area contributed by atoms with Gasteiger partial charge in [-0.15, -0.1) is 0 Å². The van der Waals surface area contributed by atoms with Crippen LogP contribution in [0.2, 0.25) is 0 Å². The van der Waals surface area contributed by atoms with Gasteiger partial charge in [0.25, 0.3) is 0 Å². The highest BCUT2D eigenvalue weighted by Crippen LogP contribution is 2.11. The summed E-state index contributed by atoms with van der Waals surface area (Å²) in [5, 5.41) is 0. The summed E-state index contributed by atoms with van der Waals surface area (Å²) in [6.07, 6.45) is 1.89. The highest BCUT2D eigenvalue weighted by Gasteiger charge is 2.28. The van der Waals surface area contributed by atoms with Crippen molar-refractivity contribution >= 4 is 11.9 Å². The maximum absolute atomic E-state index is 10.9. The molecule has 0 heterocycles. The molecule has 0 aliphatic rings. The van der Waals surface area contributed by atoms with Gasteiger partial charge in [-0.2, -0.15) is 11.8 Å². The van der Waals surface area contributed by atoms with Crippen molar-refractivity contribution in [2.24, 2.45) is 17.7 Å². The van der Waals surface area contributed by atoms with Gasteiger partial charge >= 0.3 is 11.9 Å². The van der Waals surface area contributed by atoms with Crippen molar-refractivity contribution in [3.05, 3.63) is 0 Å². The number of carbonyl (C=O) groups excluding carboxylic acids is 2. The first-order valence-corrected chi connectivity index (χ1v) is 3.98. The third-order valence-electron chi connectivity index (χ3n) is 1.65. The van der Waals surface area contributed by atoms with Crippen LogP contribution < -0.4 is 11.8 Å². The SMILES string of the molecule is CCCCC(C(=O)ON)C(=O)ON. The van der Waals surface area contributed by atoms with E-state index in [4.69, 9.17) is 0 Å². The molecule has 0 atom stereocenters. The first-order chi connectivity index (χ1) is 6.17. The minimum absolute atomic E-state index is 0.336. The van der Waals surface area contributed by atoms with Gasteiger partial charge in [0.2, 0.25) is 0 Å². The second-order valence-corrected chi connectivity index (χ2v) is 2.57. The average molecular weight is 190 g/mol. The van der Waals surface area contributed by atoms with Crippen LogP contribution in [0.25, 0.3) is 0 Å². The molecular weight excluding hydrogens is 176 g/mol. The molecule has 0 aromatic rings. The predicted octanol–water partition coefficient (Wildman–Crippen LogP) is -0.373. The molecule has 6 nitrogen and oxygen atoms in total. The predicted molar refractivity (Wildman–Crippen MR) is 43.6 cm³/mol. The van der Waals surface area contributed by atoms with E-state index >= 15 is 0 Å². The standard InChI is InChI=1S/C7H14N2O4/c1-2-3-4-5(6(10)12-8)7(11)13-9/h5H,2-4,8-9H2,1H3. The quantitative estimate of drug-likeness (QED) is 0.452. The lowest BCUT2D eigenvalue weighted by Gasteiger charge is -2.09. The Morgan fingerprint density at radius 2 is 1.69 bits per heavy atom. The molecule has 0 amide bonds. The highest BCUT2D eigenvalue weighted by atomic mass is 16.7. The number of carbonyl (C=O) groups is 2. The number of unbranched alkanes of at least 4 members (excludes halogenated alkanes) is 1. The highest BCUT2D eigenvalue weighted by molar-refractivity contribution is 5.94. The van der Waals surface area contributed by atoms with E-state index in [2.05, 4.69) is 21.5 Å². The van der Waals surface area contributed by atoms with E-state index in [0.717, 1.165) is 6.42 Å². The zero-order valence-corrected chi connectivity index (χ0v) is 7.49. The number of hydrogen-bond acceptors (Lipinski definition) is 6. The Morgan fingerprint density at radius 1 is 1.23 bits per heavy atom. The zero-order chi connectivity index (χ0) is 10.3. The van der Waals surface area contributed by atoms with E-state index in [1.165, 1.54) is 0 Å². The number of hydrogen-bond donors (Lipinski definition) is 2. The molecule has 13 heavy (non-hydrogen) atoms. The topological polar surface area (TPSA) is 105 Å². The van der Waals surface area contributed by atoms with Crippen LogP contribution in [0.1, 0.15) is 26.2 Å². The molecule has 0 unspecified atom stereocenters. The normalized spacial score (nSPS) is 9.85. The van der Waals surface area contributed by atoms with E-state index in [1.54, 1.807) is 0 Å². The second kappa shape index (κ2) is 6.38. The van der Waals surface area contributed by atoms with Crippen molar-refractivity contribution in [1.29, 1.82) is 0 Å². The fourth-order valence-corrected chi connectivity index (χ4v) is 0.904. The van der Waals surface area contributed by atoms with Gasteiger partial charge in [-0.25, -0.2) is 9.59 Å². The van der Waals surface area contributed by atoms with E-state index in [9.17, 15) is 9.59 Å². The van der Waals surface area contributed by atoms with E-state index in [0.29, 0.717) is 12.8 Å². The Hall–Kier alpha value is -1.14. The van der Waals surface area contributed by atoms with Gasteiger partial charge in [0, 0.05) is 0 Å². The molecule has 0 rings (SSSR count). The number of nitrogens with two attached hydrogens (primary N) is 2. The van der Waals surface area contributed by atoms with Crippen LogP contribution in [0.4, 0.5) is 0 Å². The van der Waals surface area contributed by atoms with Crippen LogP contribution >= 0.6 is 0 Å². The fraction of sp³-hybridized carbons (Fsp3) is 0.714. The maximum Gasteiger partial charge on any atom is 0.338 e. The van der Waals surface area contributed by atoms with Crippen LogP contribution in [-0.4, -0.2) is 11.9 Å². The first-order valence-electron chi connectivity index (χ1n) is 3.98. The van der Waals surface area contributed by atoms with Gasteiger partial charge in [-0.05, 0) is 6.42 Å². The monoisotopic (exact) mass is 190 g/mol. The molecule has 0 fully saturated rings. The van der Waals surface area contributed by atoms with Crippen LogP contribution in [0, 0.1) is 5.92 Å². The van der Waals surface area contributed by atoms with Crippen molar-refractivity contribution < 1.29 is 19.3 Å². The van der Waals surface area contributed by atoms with Crippen molar-refractivity contribution in [2.45, 2.75) is 26.2 Å². The molecule has 0 spiro atoms. The summed E-state index contributed by atoms with van der Waals surface area (Å²) in [6, 6.07) is 0. The largest absolute Gasteiger partial charge is 0.373 e. The van der Waals surface area contributed by atoms with E-state index in [1.807, 2.05) is 6.92 Å². The molecule has 0 saturated carbocycles. The molecule has 6 heteroatoms. The van der Waals surface area contributed by atoms with Gasteiger partial charge in [0.1, 0.15) is 0 Å². The summed E-state index contributed by atoms with van der Waals surface area (Å²) in [4.78, 5) is 29.7. The first kappa shape index (κ1) is 11.9. The van der Waals surface area contributed by atoms with Crippen LogP contribution in [-0.2, 0) is 19.3 Å². The Bertz CT molecular complexity index is 167. The molecule has 0 aliphatic heterocycles. The average Bonchev–Trinajstić information content (AvgIpc) is 2.17. The molecule has 4 N–H and O–H groups in total. The molecule has 0 aromatic heterocycles. The summed E-state index contributed by atoms with van der Waals surface area (Å²) in [5.41, 5.74) is 0. The Kier molecular flexibility index (Phi) is 5.82. The van der Waals surface area contributed by atoms with Crippen LogP contribution in [0.3, 0.4) is 0 Å². The molecule has 0 radical (unpaired) electrons. The summed E-state index contributed by atoms with van der Waals surface area (Å²) in [6.45, 7) is 1.93. The van der Waals surface area contributed by atoms with Gasteiger partial charge in [-0.1, -0.05) is 19.8 Å². The minimum Gasteiger partial charge on any atom is -0.373 e. The van der Waals surface area contributed by atoms with Crippen LogP contribution in [0.5, 0.6) is 0 Å². The van der Waals surface area contributed by atoms with Gasteiger partial charge < -0.3 is 9.68 Å². The lowest BCUT2D eigenvalue weighted by Crippen LogP contribution is -2.31. The fourth-order valence-electron chi connectivity index (χ4n) is 0.904. The van der Waals surface area contributed by atoms with E-state index < -0.39 is 17.9 Å². The van der Waals surface area contributed by atoms with Crippen molar-refractivity contribution in [1.82, 2.24) is 0 Å². The lowest BCUT2D eigenvalue weighted by atomic mass is 10.0. The summed E-state index contributed by atoms with van der Waals surface area (Å²) in [7, 11) is 0.